The summed E-state index contributed by atoms with van der Waals surface area (Å²) in [4.78, 5) is 12.3. The first kappa shape index (κ1) is 36.7. The Morgan fingerprint density at radius 2 is 1.78 bits per heavy atom. The number of carbonyl (C=O) groups excluding carboxylic acids is 1. The predicted octanol–water partition coefficient (Wildman–Crippen LogP) is 9.97. The van der Waals surface area contributed by atoms with Crippen molar-refractivity contribution in [2.45, 2.75) is 134 Å². The van der Waals surface area contributed by atoms with Crippen molar-refractivity contribution >= 4 is 5.97 Å². The average Bonchev–Trinajstić information content (AvgIpc) is 3.31. The van der Waals surface area contributed by atoms with Crippen LogP contribution < -0.4 is 4.74 Å². The number of benzene rings is 1. The largest absolute Gasteiger partial charge is 0.497 e. The summed E-state index contributed by atoms with van der Waals surface area (Å²) in [7, 11) is 1.71. The molecule has 0 radical (unpaired) electrons. The number of methoxy groups -OCH3 is 1. The van der Waals surface area contributed by atoms with Crippen molar-refractivity contribution in [1.82, 2.24) is 0 Å². The Hall–Kier alpha value is -2.16. The highest BCUT2D eigenvalue weighted by Gasteiger charge is 2.57. The number of esters is 1. The van der Waals surface area contributed by atoms with E-state index in [2.05, 4.69) is 37.3 Å². The van der Waals surface area contributed by atoms with Crippen LogP contribution in [0.2, 0.25) is 0 Å². The third-order valence-corrected chi connectivity index (χ3v) is 11.4. The quantitative estimate of drug-likeness (QED) is 0.0833. The fourth-order valence-corrected chi connectivity index (χ4v) is 8.84. The van der Waals surface area contributed by atoms with Gasteiger partial charge in [-0.05, 0) is 130 Å². The Balaban J connectivity index is 1.24. The minimum absolute atomic E-state index is 0.00748. The van der Waals surface area contributed by atoms with E-state index in [9.17, 15) is 31.9 Å². The number of hydrogen-bond donors (Lipinski definition) is 1. The zero-order chi connectivity index (χ0) is 33.5. The van der Waals surface area contributed by atoms with Crippen LogP contribution in [-0.2, 0) is 16.0 Å². The molecular formula is C37H53F5O4. The molecule has 1 N–H and O–H groups in total. The number of ether oxygens (including phenoxy) is 2. The van der Waals surface area contributed by atoms with Gasteiger partial charge in [0.25, 0.3) is 0 Å². The van der Waals surface area contributed by atoms with Crippen LogP contribution in [0.4, 0.5) is 22.0 Å². The predicted molar refractivity (Wildman–Crippen MR) is 169 cm³/mol. The van der Waals surface area contributed by atoms with Crippen LogP contribution in [-0.4, -0.2) is 43.0 Å². The second-order valence-electron chi connectivity index (χ2n) is 14.2. The summed E-state index contributed by atoms with van der Waals surface area (Å²) in [6, 6.07) is 6.57. The van der Waals surface area contributed by atoms with Gasteiger partial charge < -0.3 is 14.6 Å². The summed E-state index contributed by atoms with van der Waals surface area (Å²) in [5, 5.41) is 10.9. The normalized spacial score (nSPS) is 28.4. The molecular weight excluding hydrogens is 603 g/mol. The summed E-state index contributed by atoms with van der Waals surface area (Å²) < 4.78 is 74.7. The molecule has 0 saturated heterocycles. The number of rotatable bonds is 16. The second-order valence-corrected chi connectivity index (χ2v) is 14.2. The SMILES string of the molecule is CCOC(=O)C(CCCCCCC=CC[C@@H]1Cc2cc(OC)ccc2[C@H]2CC[C@]3(C)[C@@H](O)CC[C@H]3[C@H]12)CCCC(F)(F)C(F)(F)F. The van der Waals surface area contributed by atoms with E-state index in [0.29, 0.717) is 36.5 Å². The molecule has 4 nitrogen and oxygen atoms in total. The molecule has 3 aliphatic rings. The lowest BCUT2D eigenvalue weighted by atomic mass is 9.52. The van der Waals surface area contributed by atoms with Crippen molar-refractivity contribution in [2.24, 2.45) is 29.1 Å². The number of aliphatic hydroxyl groups excluding tert-OH is 1. The molecule has 7 atom stereocenters. The fourth-order valence-electron chi connectivity index (χ4n) is 8.84. The molecule has 0 spiro atoms. The number of halogens is 5. The van der Waals surface area contributed by atoms with Gasteiger partial charge in [0.05, 0.1) is 25.7 Å². The highest BCUT2D eigenvalue weighted by atomic mass is 19.4. The number of aliphatic hydroxyl groups is 1. The Morgan fingerprint density at radius 3 is 2.50 bits per heavy atom. The van der Waals surface area contributed by atoms with Gasteiger partial charge in [-0.15, -0.1) is 0 Å². The van der Waals surface area contributed by atoms with Gasteiger partial charge in [0, 0.05) is 6.42 Å². The highest BCUT2D eigenvalue weighted by molar-refractivity contribution is 5.72. The highest BCUT2D eigenvalue weighted by Crippen LogP contribution is 2.62. The summed E-state index contributed by atoms with van der Waals surface area (Å²) in [6.07, 6.45) is 8.16. The van der Waals surface area contributed by atoms with Crippen molar-refractivity contribution in [3.05, 3.63) is 41.5 Å². The van der Waals surface area contributed by atoms with Gasteiger partial charge in [-0.3, -0.25) is 4.79 Å². The molecule has 0 bridgehead atoms. The Bertz CT molecular complexity index is 1170. The number of hydrogen-bond acceptors (Lipinski definition) is 4. The first-order valence-electron chi connectivity index (χ1n) is 17.4. The van der Waals surface area contributed by atoms with E-state index < -0.39 is 30.4 Å². The third-order valence-electron chi connectivity index (χ3n) is 11.4. The first-order valence-corrected chi connectivity index (χ1v) is 17.4. The minimum atomic E-state index is -5.57. The van der Waals surface area contributed by atoms with Crippen molar-refractivity contribution < 1.29 is 41.3 Å². The molecule has 1 aromatic rings. The molecule has 260 valence electrons. The number of carbonyl (C=O) groups is 1. The van der Waals surface area contributed by atoms with Gasteiger partial charge in [0.2, 0.25) is 0 Å². The van der Waals surface area contributed by atoms with Crippen LogP contribution in [0.1, 0.15) is 121 Å². The number of fused-ring (bicyclic) bond motifs is 5. The summed E-state index contributed by atoms with van der Waals surface area (Å²) in [5.41, 5.74) is 2.88. The topological polar surface area (TPSA) is 55.8 Å². The Morgan fingerprint density at radius 1 is 1.04 bits per heavy atom. The van der Waals surface area contributed by atoms with Crippen LogP contribution in [0.15, 0.2) is 30.4 Å². The van der Waals surface area contributed by atoms with Gasteiger partial charge in [-0.25, -0.2) is 0 Å². The lowest BCUT2D eigenvalue weighted by Gasteiger charge is -2.53. The summed E-state index contributed by atoms with van der Waals surface area (Å²) in [6.45, 7) is 4.10. The molecule has 9 heteroatoms. The number of unbranched alkanes of at least 4 members (excludes halogenated alkanes) is 4. The smallest absolute Gasteiger partial charge is 0.453 e. The van der Waals surface area contributed by atoms with Crippen LogP contribution >= 0.6 is 0 Å². The fraction of sp³-hybridized carbons (Fsp3) is 0.757. The van der Waals surface area contributed by atoms with Gasteiger partial charge >= 0.3 is 18.1 Å². The third kappa shape index (κ3) is 8.46. The van der Waals surface area contributed by atoms with Crippen LogP contribution in [0.5, 0.6) is 5.75 Å². The van der Waals surface area contributed by atoms with E-state index in [4.69, 9.17) is 9.47 Å². The van der Waals surface area contributed by atoms with E-state index in [-0.39, 0.29) is 31.0 Å². The van der Waals surface area contributed by atoms with E-state index >= 15 is 0 Å². The van der Waals surface area contributed by atoms with Crippen LogP contribution in [0, 0.1) is 29.1 Å². The van der Waals surface area contributed by atoms with Gasteiger partial charge in [-0.1, -0.05) is 44.4 Å². The van der Waals surface area contributed by atoms with Gasteiger partial charge in [0.15, 0.2) is 0 Å². The van der Waals surface area contributed by atoms with E-state index in [1.54, 1.807) is 14.0 Å². The van der Waals surface area contributed by atoms with Crippen molar-refractivity contribution in [2.75, 3.05) is 13.7 Å². The zero-order valence-electron chi connectivity index (χ0n) is 27.7. The standard InChI is InChI=1S/C37H53F5O4/c1-4-46-34(44)25(15-12-21-36(38,39)37(40,41)42)13-10-8-6-5-7-9-11-14-26-23-27-24-28(45-3)16-17-29(27)30-20-22-35(2)31(33(26)30)18-19-32(35)43/h9,11,16-17,24-26,30-33,43H,4-8,10,12-15,18-23H2,1-3H3/t25?,26-,30-,31+,32+,33-,35+/m1/s1. The molecule has 1 unspecified atom stereocenters. The maximum absolute atomic E-state index is 13.3. The first-order chi connectivity index (χ1) is 21.8. The van der Waals surface area contributed by atoms with E-state index in [1.807, 2.05) is 0 Å². The lowest BCUT2D eigenvalue weighted by Crippen LogP contribution is -2.47. The molecule has 0 aromatic heterocycles. The molecule has 2 fully saturated rings. The van der Waals surface area contributed by atoms with E-state index in [1.165, 1.54) is 11.1 Å². The van der Waals surface area contributed by atoms with Crippen LogP contribution in [0.3, 0.4) is 0 Å². The molecule has 0 heterocycles. The molecule has 2 saturated carbocycles. The Kier molecular flexibility index (Phi) is 12.6. The second kappa shape index (κ2) is 15.8. The van der Waals surface area contributed by atoms with Crippen molar-refractivity contribution in [3.63, 3.8) is 0 Å². The van der Waals surface area contributed by atoms with Gasteiger partial charge in [-0.2, -0.15) is 22.0 Å². The van der Waals surface area contributed by atoms with Gasteiger partial charge in [0.1, 0.15) is 5.75 Å². The maximum atomic E-state index is 13.3. The molecule has 3 aliphatic carbocycles. The minimum Gasteiger partial charge on any atom is -0.497 e. The lowest BCUT2D eigenvalue weighted by molar-refractivity contribution is -0.284. The van der Waals surface area contributed by atoms with Crippen LogP contribution in [0.25, 0.3) is 0 Å². The summed E-state index contributed by atoms with van der Waals surface area (Å²) >= 11 is 0. The maximum Gasteiger partial charge on any atom is 0.453 e. The van der Waals surface area contributed by atoms with Crippen molar-refractivity contribution in [1.29, 1.82) is 0 Å². The molecule has 1 aromatic carbocycles. The molecule has 0 amide bonds. The monoisotopic (exact) mass is 656 g/mol. The molecule has 46 heavy (non-hydrogen) atoms. The molecule has 0 aliphatic heterocycles. The van der Waals surface area contributed by atoms with Crippen molar-refractivity contribution in [3.8, 4) is 5.75 Å². The number of allylic oxidation sites excluding steroid dienone is 2. The van der Waals surface area contributed by atoms with E-state index in [0.717, 1.165) is 70.0 Å². The average molecular weight is 657 g/mol. The number of alkyl halides is 5. The zero-order valence-corrected chi connectivity index (χ0v) is 27.7. The Labute approximate surface area is 271 Å². The summed E-state index contributed by atoms with van der Waals surface area (Å²) in [5.74, 6) is -2.87. The molecule has 4 rings (SSSR count).